The molecular weight excluding hydrogens is 373 g/mol. The van der Waals surface area contributed by atoms with Crippen molar-refractivity contribution in [2.45, 2.75) is 12.6 Å². The van der Waals surface area contributed by atoms with Crippen molar-refractivity contribution in [2.24, 2.45) is 11.8 Å². The van der Waals surface area contributed by atoms with E-state index in [1.165, 1.54) is 25.2 Å². The van der Waals surface area contributed by atoms with Gasteiger partial charge in [0.25, 0.3) is 0 Å². The Labute approximate surface area is 167 Å². The van der Waals surface area contributed by atoms with Crippen molar-refractivity contribution in [1.82, 2.24) is 24.6 Å². The van der Waals surface area contributed by atoms with Crippen LogP contribution < -0.4 is 4.74 Å². The molecule has 0 unspecified atom stereocenters. The van der Waals surface area contributed by atoms with Crippen molar-refractivity contribution < 1.29 is 4.74 Å². The molecule has 0 bridgehead atoms. The van der Waals surface area contributed by atoms with Crippen molar-refractivity contribution in [3.63, 3.8) is 0 Å². The van der Waals surface area contributed by atoms with E-state index in [1.807, 2.05) is 0 Å². The molecule has 8 heteroatoms. The zero-order valence-corrected chi connectivity index (χ0v) is 16.8. The Hall–Kier alpha value is -1.34. The summed E-state index contributed by atoms with van der Waals surface area (Å²) in [5, 5.41) is 7.76. The predicted molar refractivity (Wildman–Crippen MR) is 106 cm³/mol. The molecular formula is C18H27Cl2N5O. The largest absolute Gasteiger partial charge is 0.497 e. The minimum atomic E-state index is 0. The Balaban J connectivity index is 0.00000121. The van der Waals surface area contributed by atoms with E-state index >= 15 is 0 Å². The minimum absolute atomic E-state index is 0. The van der Waals surface area contributed by atoms with Gasteiger partial charge in [-0.1, -0.05) is 12.1 Å². The molecule has 3 heterocycles. The van der Waals surface area contributed by atoms with Gasteiger partial charge in [-0.2, -0.15) is 0 Å². The van der Waals surface area contributed by atoms with Crippen LogP contribution in [0.25, 0.3) is 0 Å². The van der Waals surface area contributed by atoms with Crippen LogP contribution in [0.15, 0.2) is 36.9 Å². The molecule has 3 atom stereocenters. The lowest BCUT2D eigenvalue weighted by Crippen LogP contribution is -2.31. The minimum Gasteiger partial charge on any atom is -0.497 e. The second kappa shape index (κ2) is 9.04. The van der Waals surface area contributed by atoms with Crippen molar-refractivity contribution in [1.29, 1.82) is 0 Å². The van der Waals surface area contributed by atoms with Crippen LogP contribution in [0.1, 0.15) is 11.6 Å². The zero-order chi connectivity index (χ0) is 16.5. The summed E-state index contributed by atoms with van der Waals surface area (Å²) in [6, 6.07) is 9.12. The van der Waals surface area contributed by atoms with Gasteiger partial charge in [0.2, 0.25) is 0 Å². The van der Waals surface area contributed by atoms with Gasteiger partial charge in [-0.05, 0) is 36.6 Å². The SMILES string of the molecule is COc1ccc([C@@H]2[C@@H]3CN(CCn4cnnc4)C[C@@H]3CN2C)cc1.Cl.Cl. The van der Waals surface area contributed by atoms with E-state index in [0.717, 1.165) is 24.8 Å². The van der Waals surface area contributed by atoms with Crippen LogP contribution in [-0.2, 0) is 6.54 Å². The first kappa shape index (κ1) is 21.0. The molecule has 0 saturated carbocycles. The fourth-order valence-corrected chi connectivity index (χ4v) is 4.43. The Bertz CT molecular complexity index is 667. The lowest BCUT2D eigenvalue weighted by atomic mass is 9.89. The third-order valence-electron chi connectivity index (χ3n) is 5.57. The molecule has 0 aliphatic carbocycles. The summed E-state index contributed by atoms with van der Waals surface area (Å²) in [5.41, 5.74) is 1.41. The Kier molecular flexibility index (Phi) is 7.29. The fraction of sp³-hybridized carbons (Fsp3) is 0.556. The number of methoxy groups -OCH3 is 1. The Morgan fingerprint density at radius 2 is 1.69 bits per heavy atom. The number of rotatable bonds is 5. The molecule has 2 saturated heterocycles. The maximum Gasteiger partial charge on any atom is 0.119 e. The number of hydrogen-bond acceptors (Lipinski definition) is 5. The third kappa shape index (κ3) is 4.14. The molecule has 2 aromatic rings. The summed E-state index contributed by atoms with van der Waals surface area (Å²) in [5.74, 6) is 2.41. The third-order valence-corrected chi connectivity index (χ3v) is 5.57. The van der Waals surface area contributed by atoms with E-state index in [2.05, 4.69) is 55.9 Å². The number of likely N-dealkylation sites (tertiary alicyclic amines) is 2. The van der Waals surface area contributed by atoms with Crippen LogP contribution >= 0.6 is 24.8 Å². The van der Waals surface area contributed by atoms with E-state index in [-0.39, 0.29) is 24.8 Å². The van der Waals surface area contributed by atoms with E-state index in [4.69, 9.17) is 4.74 Å². The van der Waals surface area contributed by atoms with Gasteiger partial charge in [-0.3, -0.25) is 4.90 Å². The van der Waals surface area contributed by atoms with Crippen LogP contribution in [0.3, 0.4) is 0 Å². The smallest absolute Gasteiger partial charge is 0.119 e. The summed E-state index contributed by atoms with van der Waals surface area (Å²) in [7, 11) is 3.98. The lowest BCUT2D eigenvalue weighted by Gasteiger charge is -2.27. The van der Waals surface area contributed by atoms with Crippen molar-refractivity contribution >= 4 is 24.8 Å². The number of fused-ring (bicyclic) bond motifs is 1. The van der Waals surface area contributed by atoms with Crippen molar-refractivity contribution in [3.05, 3.63) is 42.5 Å². The van der Waals surface area contributed by atoms with Gasteiger partial charge in [-0.15, -0.1) is 35.0 Å². The molecule has 2 aliphatic rings. The Morgan fingerprint density at radius 1 is 1.00 bits per heavy atom. The number of hydrogen-bond donors (Lipinski definition) is 0. The standard InChI is InChI=1S/C18H25N5O.2ClH/c1-21-9-15-10-22(7-8-23-12-19-20-13-23)11-17(15)18(21)14-3-5-16(24-2)6-4-14;;/h3-6,12-13,15,17-18H,7-11H2,1-2H3;2*1H/t15-,17+,18+;;/m0../s1. The first-order valence-corrected chi connectivity index (χ1v) is 8.63. The molecule has 0 spiro atoms. The van der Waals surface area contributed by atoms with Gasteiger partial charge in [-0.25, -0.2) is 0 Å². The summed E-state index contributed by atoms with van der Waals surface area (Å²) >= 11 is 0. The summed E-state index contributed by atoms with van der Waals surface area (Å²) in [4.78, 5) is 5.12. The second-order valence-electron chi connectivity index (χ2n) is 7.04. The summed E-state index contributed by atoms with van der Waals surface area (Å²) in [6.45, 7) is 5.60. The fourth-order valence-electron chi connectivity index (χ4n) is 4.43. The first-order valence-electron chi connectivity index (χ1n) is 8.63. The average Bonchev–Trinajstić information content (AvgIpc) is 3.29. The van der Waals surface area contributed by atoms with Gasteiger partial charge in [0.1, 0.15) is 18.4 Å². The second-order valence-corrected chi connectivity index (χ2v) is 7.04. The number of halogens is 2. The Morgan fingerprint density at radius 3 is 2.35 bits per heavy atom. The van der Waals surface area contributed by atoms with Gasteiger partial charge >= 0.3 is 0 Å². The van der Waals surface area contributed by atoms with Crippen molar-refractivity contribution in [2.75, 3.05) is 40.3 Å². The van der Waals surface area contributed by atoms with Gasteiger partial charge < -0.3 is 14.2 Å². The van der Waals surface area contributed by atoms with Gasteiger partial charge in [0.05, 0.1) is 7.11 Å². The highest BCUT2D eigenvalue weighted by Crippen LogP contribution is 2.44. The highest BCUT2D eigenvalue weighted by atomic mass is 35.5. The molecule has 4 rings (SSSR count). The van der Waals surface area contributed by atoms with Crippen LogP contribution in [0, 0.1) is 11.8 Å². The molecule has 2 aliphatic heterocycles. The van der Waals surface area contributed by atoms with E-state index in [9.17, 15) is 0 Å². The lowest BCUT2D eigenvalue weighted by molar-refractivity contribution is 0.224. The van der Waals surface area contributed by atoms with Crippen molar-refractivity contribution in [3.8, 4) is 5.75 Å². The average molecular weight is 400 g/mol. The predicted octanol–water partition coefficient (Wildman–Crippen LogP) is 2.37. The van der Waals surface area contributed by atoms with Crippen LogP contribution in [0.5, 0.6) is 5.75 Å². The highest BCUT2D eigenvalue weighted by molar-refractivity contribution is 5.85. The molecule has 0 N–H and O–H groups in total. The van der Waals surface area contributed by atoms with Crippen LogP contribution in [0.2, 0.25) is 0 Å². The van der Waals surface area contributed by atoms with E-state index < -0.39 is 0 Å². The van der Waals surface area contributed by atoms with E-state index in [0.29, 0.717) is 12.0 Å². The normalized spacial score (nSPS) is 25.4. The van der Waals surface area contributed by atoms with E-state index in [1.54, 1.807) is 19.8 Å². The molecule has 0 radical (unpaired) electrons. The molecule has 1 aromatic carbocycles. The maximum absolute atomic E-state index is 5.30. The summed E-state index contributed by atoms with van der Waals surface area (Å²) in [6.07, 6.45) is 3.59. The highest BCUT2D eigenvalue weighted by Gasteiger charge is 2.45. The summed E-state index contributed by atoms with van der Waals surface area (Å²) < 4.78 is 7.35. The molecule has 2 fully saturated rings. The number of aromatic nitrogens is 3. The topological polar surface area (TPSA) is 46.4 Å². The molecule has 0 amide bonds. The quantitative estimate of drug-likeness (QED) is 0.771. The molecule has 6 nitrogen and oxygen atoms in total. The molecule has 26 heavy (non-hydrogen) atoms. The first-order chi connectivity index (χ1) is 11.7. The number of benzene rings is 1. The van der Waals surface area contributed by atoms with Crippen LogP contribution in [0.4, 0.5) is 0 Å². The maximum atomic E-state index is 5.30. The van der Waals surface area contributed by atoms with Gasteiger partial charge in [0, 0.05) is 38.8 Å². The van der Waals surface area contributed by atoms with Gasteiger partial charge in [0.15, 0.2) is 0 Å². The molecule has 144 valence electrons. The zero-order valence-electron chi connectivity index (χ0n) is 15.2. The number of ether oxygens (including phenoxy) is 1. The number of nitrogens with zero attached hydrogens (tertiary/aromatic N) is 5. The monoisotopic (exact) mass is 399 g/mol. The van der Waals surface area contributed by atoms with Crippen LogP contribution in [-0.4, -0.2) is 64.9 Å². The molecule has 1 aromatic heterocycles.